The summed E-state index contributed by atoms with van der Waals surface area (Å²) in [5.74, 6) is -1.22. The zero-order valence-electron chi connectivity index (χ0n) is 17.9. The van der Waals surface area contributed by atoms with E-state index in [0.29, 0.717) is 52.1 Å². The predicted octanol–water partition coefficient (Wildman–Crippen LogP) is 2.37. The van der Waals surface area contributed by atoms with Crippen molar-refractivity contribution in [1.82, 2.24) is 20.0 Å². The summed E-state index contributed by atoms with van der Waals surface area (Å²) in [7, 11) is 0. The number of nitrogens with one attached hydrogen (secondary N) is 1. The topological polar surface area (TPSA) is 73.0 Å². The monoisotopic (exact) mass is 438 g/mol. The van der Waals surface area contributed by atoms with Gasteiger partial charge < -0.3 is 20.0 Å². The number of likely N-dealkylation sites (tertiary alicyclic amines) is 1. The molecule has 0 aliphatic carbocycles. The molecule has 2 heterocycles. The zero-order valence-corrected chi connectivity index (χ0v) is 17.9. The van der Waals surface area contributed by atoms with Gasteiger partial charge in [-0.1, -0.05) is 42.5 Å². The highest BCUT2D eigenvalue weighted by molar-refractivity contribution is 6.35. The fraction of sp³-hybridized carbons (Fsp3) is 0.375. The second-order valence-corrected chi connectivity index (χ2v) is 8.21. The summed E-state index contributed by atoms with van der Waals surface area (Å²) < 4.78 is 13.0. The fourth-order valence-corrected chi connectivity index (χ4v) is 4.27. The van der Waals surface area contributed by atoms with Crippen LogP contribution in [0.5, 0.6) is 0 Å². The van der Waals surface area contributed by atoms with E-state index in [2.05, 4.69) is 5.32 Å². The summed E-state index contributed by atoms with van der Waals surface area (Å²) in [6.07, 6.45) is 1.28. The lowest BCUT2D eigenvalue weighted by molar-refractivity contribution is -0.158. The maximum atomic E-state index is 13.0. The molecule has 2 saturated heterocycles. The van der Waals surface area contributed by atoms with E-state index in [1.54, 1.807) is 26.8 Å². The molecule has 0 bridgehead atoms. The van der Waals surface area contributed by atoms with Gasteiger partial charge >= 0.3 is 17.8 Å². The molecule has 2 aromatic carbocycles. The molecule has 2 aliphatic rings. The van der Waals surface area contributed by atoms with Crippen molar-refractivity contribution >= 4 is 17.8 Å². The third-order valence-electron chi connectivity index (χ3n) is 6.11. The van der Waals surface area contributed by atoms with Gasteiger partial charge in [0.2, 0.25) is 0 Å². The Hall–Kier alpha value is -3.42. The molecular formula is C24H27FN4O3. The molecule has 0 aromatic heterocycles. The molecule has 4 amide bonds. The Morgan fingerprint density at radius 3 is 2.25 bits per heavy atom. The SMILES string of the molecule is O=C(NCc1ccc(F)cc1)N1CCC(N2CCN(Cc3ccccc3)C(=O)C2=O)CC1. The highest BCUT2D eigenvalue weighted by atomic mass is 19.1. The number of piperazine rings is 1. The number of rotatable bonds is 5. The molecule has 4 rings (SSSR count). The lowest BCUT2D eigenvalue weighted by Crippen LogP contribution is -2.59. The van der Waals surface area contributed by atoms with Gasteiger partial charge in [0, 0.05) is 45.3 Å². The summed E-state index contributed by atoms with van der Waals surface area (Å²) in [4.78, 5) is 42.8. The highest BCUT2D eigenvalue weighted by Gasteiger charge is 2.37. The number of halogens is 1. The number of piperidine rings is 1. The largest absolute Gasteiger partial charge is 0.334 e. The molecule has 7 nitrogen and oxygen atoms in total. The van der Waals surface area contributed by atoms with Crippen LogP contribution in [0.3, 0.4) is 0 Å². The van der Waals surface area contributed by atoms with Crippen molar-refractivity contribution in [1.29, 1.82) is 0 Å². The second-order valence-electron chi connectivity index (χ2n) is 8.21. The number of carbonyl (C=O) groups is 3. The standard InChI is InChI=1S/C24H27FN4O3/c25-20-8-6-18(7-9-20)16-26-24(32)27-12-10-21(11-13-27)29-15-14-28(22(30)23(29)31)17-19-4-2-1-3-5-19/h1-9,21H,10-17H2,(H,26,32). The van der Waals surface area contributed by atoms with Crippen LogP contribution in [-0.2, 0) is 22.7 Å². The Morgan fingerprint density at radius 2 is 1.56 bits per heavy atom. The number of nitrogens with zero attached hydrogens (tertiary/aromatic N) is 3. The van der Waals surface area contributed by atoms with Crippen LogP contribution in [-0.4, -0.2) is 64.8 Å². The van der Waals surface area contributed by atoms with E-state index in [1.807, 2.05) is 30.3 Å². The predicted molar refractivity (Wildman–Crippen MR) is 117 cm³/mol. The summed E-state index contributed by atoms with van der Waals surface area (Å²) >= 11 is 0. The maximum Gasteiger partial charge on any atom is 0.317 e. The molecule has 32 heavy (non-hydrogen) atoms. The quantitative estimate of drug-likeness (QED) is 0.729. The van der Waals surface area contributed by atoms with E-state index in [4.69, 9.17) is 0 Å². The van der Waals surface area contributed by atoms with Gasteiger partial charge in [-0.25, -0.2) is 9.18 Å². The molecule has 0 unspecified atom stereocenters. The number of urea groups is 1. The molecule has 0 spiro atoms. The smallest absolute Gasteiger partial charge is 0.317 e. The van der Waals surface area contributed by atoms with Crippen molar-refractivity contribution < 1.29 is 18.8 Å². The van der Waals surface area contributed by atoms with Crippen LogP contribution in [0.1, 0.15) is 24.0 Å². The average Bonchev–Trinajstić information content (AvgIpc) is 2.82. The highest BCUT2D eigenvalue weighted by Crippen LogP contribution is 2.20. The molecule has 0 radical (unpaired) electrons. The number of benzene rings is 2. The lowest BCUT2D eigenvalue weighted by Gasteiger charge is -2.42. The molecule has 2 aliphatic heterocycles. The molecular weight excluding hydrogens is 411 g/mol. The van der Waals surface area contributed by atoms with Crippen LogP contribution >= 0.6 is 0 Å². The summed E-state index contributed by atoms with van der Waals surface area (Å²) in [5.41, 5.74) is 1.83. The Labute approximate surface area is 186 Å². The molecule has 168 valence electrons. The van der Waals surface area contributed by atoms with Crippen molar-refractivity contribution in [3.05, 3.63) is 71.5 Å². The summed E-state index contributed by atoms with van der Waals surface area (Å²) in [6.45, 7) is 2.83. The number of carbonyl (C=O) groups excluding carboxylic acids is 3. The fourth-order valence-electron chi connectivity index (χ4n) is 4.27. The Bertz CT molecular complexity index is 959. The van der Waals surface area contributed by atoms with Gasteiger partial charge in [0.25, 0.3) is 0 Å². The van der Waals surface area contributed by atoms with E-state index in [-0.39, 0.29) is 17.9 Å². The minimum Gasteiger partial charge on any atom is -0.334 e. The third kappa shape index (κ3) is 5.07. The van der Waals surface area contributed by atoms with Crippen LogP contribution in [0.4, 0.5) is 9.18 Å². The van der Waals surface area contributed by atoms with Gasteiger partial charge in [0.15, 0.2) is 0 Å². The van der Waals surface area contributed by atoms with Crippen molar-refractivity contribution in [3.8, 4) is 0 Å². The Kier molecular flexibility index (Phi) is 6.68. The molecule has 1 N–H and O–H groups in total. The first-order valence-corrected chi connectivity index (χ1v) is 10.9. The Morgan fingerprint density at radius 1 is 0.875 bits per heavy atom. The van der Waals surface area contributed by atoms with Crippen LogP contribution in [0, 0.1) is 5.82 Å². The number of hydrogen-bond donors (Lipinski definition) is 1. The first kappa shape index (κ1) is 21.8. The van der Waals surface area contributed by atoms with Gasteiger partial charge in [-0.05, 0) is 36.1 Å². The molecule has 0 atom stereocenters. The van der Waals surface area contributed by atoms with E-state index in [1.165, 1.54) is 12.1 Å². The van der Waals surface area contributed by atoms with Crippen molar-refractivity contribution in [3.63, 3.8) is 0 Å². The second kappa shape index (κ2) is 9.80. The molecule has 2 fully saturated rings. The maximum absolute atomic E-state index is 13.0. The van der Waals surface area contributed by atoms with Crippen LogP contribution in [0.2, 0.25) is 0 Å². The molecule has 0 saturated carbocycles. The van der Waals surface area contributed by atoms with Gasteiger partial charge in [-0.15, -0.1) is 0 Å². The van der Waals surface area contributed by atoms with Crippen molar-refractivity contribution in [2.24, 2.45) is 0 Å². The molecule has 2 aromatic rings. The van der Waals surface area contributed by atoms with Crippen molar-refractivity contribution in [2.45, 2.75) is 32.0 Å². The number of amides is 4. The number of hydrogen-bond acceptors (Lipinski definition) is 3. The first-order valence-electron chi connectivity index (χ1n) is 10.9. The summed E-state index contributed by atoms with van der Waals surface area (Å²) in [5, 5.41) is 2.85. The first-order chi connectivity index (χ1) is 15.5. The van der Waals surface area contributed by atoms with Gasteiger partial charge in [-0.2, -0.15) is 0 Å². The normalized spacial score (nSPS) is 17.6. The van der Waals surface area contributed by atoms with Crippen molar-refractivity contribution in [2.75, 3.05) is 26.2 Å². The Balaban J connectivity index is 1.25. The van der Waals surface area contributed by atoms with Gasteiger partial charge in [0.05, 0.1) is 0 Å². The zero-order chi connectivity index (χ0) is 22.5. The van der Waals surface area contributed by atoms with Gasteiger partial charge in [0.1, 0.15) is 5.82 Å². The minimum atomic E-state index is -0.459. The van der Waals surface area contributed by atoms with E-state index >= 15 is 0 Å². The lowest BCUT2D eigenvalue weighted by atomic mass is 10.0. The summed E-state index contributed by atoms with van der Waals surface area (Å²) in [6, 6.07) is 15.4. The van der Waals surface area contributed by atoms with E-state index < -0.39 is 11.8 Å². The van der Waals surface area contributed by atoms with Crippen LogP contribution < -0.4 is 5.32 Å². The van der Waals surface area contributed by atoms with Crippen LogP contribution in [0.15, 0.2) is 54.6 Å². The van der Waals surface area contributed by atoms with Crippen LogP contribution in [0.25, 0.3) is 0 Å². The van der Waals surface area contributed by atoms with E-state index in [9.17, 15) is 18.8 Å². The third-order valence-corrected chi connectivity index (χ3v) is 6.11. The van der Waals surface area contributed by atoms with E-state index in [0.717, 1.165) is 11.1 Å². The molecule has 8 heteroatoms. The average molecular weight is 439 g/mol. The minimum absolute atomic E-state index is 0.0357. The van der Waals surface area contributed by atoms with Gasteiger partial charge in [-0.3, -0.25) is 9.59 Å².